The highest BCUT2D eigenvalue weighted by atomic mass is 32.2. The summed E-state index contributed by atoms with van der Waals surface area (Å²) in [4.78, 5) is 4.76. The summed E-state index contributed by atoms with van der Waals surface area (Å²) >= 11 is 1.41. The number of aromatic nitrogens is 1. The van der Waals surface area contributed by atoms with E-state index in [4.69, 9.17) is 4.74 Å². The number of benzene rings is 3. The molecule has 0 aliphatic rings. The molecular weight excluding hydrogens is 456 g/mol. The Hall–Kier alpha value is -3.53. The molecule has 9 heteroatoms. The normalized spacial score (nSPS) is 11.7. The lowest BCUT2D eigenvalue weighted by Gasteiger charge is -2.11. The molecule has 168 valence electrons. The SMILES string of the molecule is CN(C)S(=O)(=O)c1ccc(-c2csc(NN=Cc3cccc(Oc4ccccc4)c3)n2)cc1. The van der Waals surface area contributed by atoms with Gasteiger partial charge in [0, 0.05) is 25.0 Å². The zero-order valence-electron chi connectivity index (χ0n) is 18.0. The molecule has 1 aromatic heterocycles. The van der Waals surface area contributed by atoms with Crippen molar-refractivity contribution >= 4 is 32.7 Å². The Morgan fingerprint density at radius 2 is 1.70 bits per heavy atom. The van der Waals surface area contributed by atoms with Gasteiger partial charge in [-0.15, -0.1) is 11.3 Å². The maximum absolute atomic E-state index is 12.2. The third kappa shape index (κ3) is 5.64. The Balaban J connectivity index is 1.40. The van der Waals surface area contributed by atoms with Gasteiger partial charge < -0.3 is 4.74 Å². The Morgan fingerprint density at radius 3 is 2.42 bits per heavy atom. The van der Waals surface area contributed by atoms with Crippen LogP contribution in [-0.4, -0.2) is 38.0 Å². The van der Waals surface area contributed by atoms with E-state index in [0.717, 1.165) is 28.3 Å². The predicted octanol–water partition coefficient (Wildman–Crippen LogP) is 5.30. The average Bonchev–Trinajstić information content (AvgIpc) is 3.29. The fourth-order valence-corrected chi connectivity index (χ4v) is 4.48. The molecule has 0 radical (unpaired) electrons. The van der Waals surface area contributed by atoms with Crippen LogP contribution in [0.3, 0.4) is 0 Å². The van der Waals surface area contributed by atoms with Crippen LogP contribution in [0, 0.1) is 0 Å². The van der Waals surface area contributed by atoms with Gasteiger partial charge in [0.2, 0.25) is 15.2 Å². The van der Waals surface area contributed by atoms with Crippen LogP contribution in [0.25, 0.3) is 11.3 Å². The second-order valence-electron chi connectivity index (χ2n) is 7.21. The van der Waals surface area contributed by atoms with Crippen LogP contribution >= 0.6 is 11.3 Å². The number of anilines is 1. The van der Waals surface area contributed by atoms with Crippen LogP contribution in [0.2, 0.25) is 0 Å². The van der Waals surface area contributed by atoms with E-state index in [1.165, 1.54) is 29.7 Å². The lowest BCUT2D eigenvalue weighted by molar-refractivity contribution is 0.482. The number of ether oxygens (including phenoxy) is 1. The number of nitrogens with zero attached hydrogens (tertiary/aromatic N) is 3. The summed E-state index contributed by atoms with van der Waals surface area (Å²) < 4.78 is 31.5. The third-order valence-electron chi connectivity index (χ3n) is 4.64. The van der Waals surface area contributed by atoms with Gasteiger partial charge in [-0.25, -0.2) is 17.7 Å². The van der Waals surface area contributed by atoms with Crippen LogP contribution in [0.5, 0.6) is 11.5 Å². The molecule has 0 spiro atoms. The van der Waals surface area contributed by atoms with Gasteiger partial charge >= 0.3 is 0 Å². The van der Waals surface area contributed by atoms with Gasteiger partial charge in [-0.05, 0) is 42.0 Å². The molecule has 0 amide bonds. The van der Waals surface area contributed by atoms with Crippen molar-refractivity contribution < 1.29 is 13.2 Å². The molecule has 0 bridgehead atoms. The number of hydrazone groups is 1. The van der Waals surface area contributed by atoms with Crippen molar-refractivity contribution in [3.63, 3.8) is 0 Å². The summed E-state index contributed by atoms with van der Waals surface area (Å²) in [5, 5.41) is 6.78. The van der Waals surface area contributed by atoms with Gasteiger partial charge in [-0.1, -0.05) is 42.5 Å². The molecule has 0 unspecified atom stereocenters. The molecule has 0 aliphatic heterocycles. The maximum Gasteiger partial charge on any atom is 0.242 e. The lowest BCUT2D eigenvalue weighted by atomic mass is 10.2. The molecule has 1 heterocycles. The molecule has 0 saturated heterocycles. The molecular formula is C24H22N4O3S2. The van der Waals surface area contributed by atoms with Gasteiger partial charge in [0.25, 0.3) is 0 Å². The Bertz CT molecular complexity index is 1350. The fraction of sp³-hybridized carbons (Fsp3) is 0.0833. The minimum absolute atomic E-state index is 0.243. The van der Waals surface area contributed by atoms with Crippen LogP contribution in [-0.2, 0) is 10.0 Å². The quantitative estimate of drug-likeness (QED) is 0.274. The minimum atomic E-state index is -3.45. The average molecular weight is 479 g/mol. The molecule has 1 N–H and O–H groups in total. The molecule has 33 heavy (non-hydrogen) atoms. The van der Waals surface area contributed by atoms with E-state index >= 15 is 0 Å². The first-order valence-corrected chi connectivity index (χ1v) is 12.3. The second kappa shape index (κ2) is 9.95. The highest BCUT2D eigenvalue weighted by Crippen LogP contribution is 2.26. The van der Waals surface area contributed by atoms with Gasteiger partial charge in [0.15, 0.2) is 0 Å². The zero-order chi connectivity index (χ0) is 23.3. The molecule has 4 rings (SSSR count). The molecule has 7 nitrogen and oxygen atoms in total. The maximum atomic E-state index is 12.2. The highest BCUT2D eigenvalue weighted by Gasteiger charge is 2.17. The number of hydrogen-bond acceptors (Lipinski definition) is 7. The van der Waals surface area contributed by atoms with Crippen molar-refractivity contribution in [2.24, 2.45) is 5.10 Å². The monoisotopic (exact) mass is 478 g/mol. The van der Waals surface area contributed by atoms with Crippen molar-refractivity contribution in [2.45, 2.75) is 4.90 Å². The van der Waals surface area contributed by atoms with Crippen molar-refractivity contribution in [2.75, 3.05) is 19.5 Å². The first kappa shape index (κ1) is 22.7. The summed E-state index contributed by atoms with van der Waals surface area (Å²) in [6.45, 7) is 0. The van der Waals surface area contributed by atoms with E-state index in [1.54, 1.807) is 30.5 Å². The minimum Gasteiger partial charge on any atom is -0.457 e. The molecule has 3 aromatic carbocycles. The zero-order valence-corrected chi connectivity index (χ0v) is 19.7. The third-order valence-corrected chi connectivity index (χ3v) is 7.22. The van der Waals surface area contributed by atoms with Crippen molar-refractivity contribution in [3.8, 4) is 22.8 Å². The first-order valence-electron chi connectivity index (χ1n) is 10.0. The molecule has 0 aliphatic carbocycles. The summed E-state index contributed by atoms with van der Waals surface area (Å²) in [6, 6.07) is 23.9. The number of sulfonamides is 1. The van der Waals surface area contributed by atoms with E-state index in [-0.39, 0.29) is 4.90 Å². The Morgan fingerprint density at radius 1 is 0.970 bits per heavy atom. The summed E-state index contributed by atoms with van der Waals surface area (Å²) in [5.74, 6) is 1.49. The van der Waals surface area contributed by atoms with E-state index in [1.807, 2.05) is 60.0 Å². The van der Waals surface area contributed by atoms with Gasteiger partial charge in [0.1, 0.15) is 11.5 Å². The lowest BCUT2D eigenvalue weighted by Crippen LogP contribution is -2.22. The van der Waals surface area contributed by atoms with Crippen molar-refractivity contribution in [1.82, 2.24) is 9.29 Å². The standard InChI is InChI=1S/C24H22N4O3S2/c1-28(2)33(29,30)22-13-11-19(12-14-22)23-17-32-24(26-23)27-25-16-18-7-6-10-21(15-18)31-20-8-4-3-5-9-20/h3-17H,1-2H3,(H,26,27). The highest BCUT2D eigenvalue weighted by molar-refractivity contribution is 7.89. The number of nitrogens with one attached hydrogen (secondary N) is 1. The first-order chi connectivity index (χ1) is 15.9. The van der Waals surface area contributed by atoms with Crippen molar-refractivity contribution in [1.29, 1.82) is 0 Å². The number of rotatable bonds is 8. The molecule has 0 fully saturated rings. The van der Waals surface area contributed by atoms with E-state index in [9.17, 15) is 8.42 Å². The molecule has 4 aromatic rings. The smallest absolute Gasteiger partial charge is 0.242 e. The topological polar surface area (TPSA) is 83.9 Å². The Kier molecular flexibility index (Phi) is 6.83. The molecule has 0 saturated carbocycles. The predicted molar refractivity (Wildman–Crippen MR) is 133 cm³/mol. The summed E-state index contributed by atoms with van der Waals surface area (Å²) in [6.07, 6.45) is 1.69. The van der Waals surface area contributed by atoms with E-state index < -0.39 is 10.0 Å². The summed E-state index contributed by atoms with van der Waals surface area (Å²) in [7, 11) is -0.438. The largest absolute Gasteiger partial charge is 0.457 e. The Labute approximate surface area is 197 Å². The molecule has 0 atom stereocenters. The number of hydrogen-bond donors (Lipinski definition) is 1. The van der Waals surface area contributed by atoms with E-state index in [0.29, 0.717) is 5.13 Å². The van der Waals surface area contributed by atoms with E-state index in [2.05, 4.69) is 15.5 Å². The van der Waals surface area contributed by atoms with Gasteiger partial charge in [-0.2, -0.15) is 5.10 Å². The van der Waals surface area contributed by atoms with Gasteiger partial charge in [-0.3, -0.25) is 5.43 Å². The van der Waals surface area contributed by atoms with Crippen LogP contribution in [0.1, 0.15) is 5.56 Å². The number of thiazole rings is 1. The van der Waals surface area contributed by atoms with Crippen LogP contribution in [0.4, 0.5) is 5.13 Å². The van der Waals surface area contributed by atoms with Crippen LogP contribution in [0.15, 0.2) is 94.2 Å². The van der Waals surface area contributed by atoms with Crippen LogP contribution < -0.4 is 10.2 Å². The van der Waals surface area contributed by atoms with Crippen molar-refractivity contribution in [3.05, 3.63) is 89.8 Å². The second-order valence-corrected chi connectivity index (χ2v) is 10.2. The number of para-hydroxylation sites is 1. The summed E-state index contributed by atoms with van der Waals surface area (Å²) in [5.41, 5.74) is 5.38. The fourth-order valence-electron chi connectivity index (χ4n) is 2.91. The van der Waals surface area contributed by atoms with Gasteiger partial charge in [0.05, 0.1) is 16.8 Å².